The van der Waals surface area contributed by atoms with Crippen LogP contribution in [0.25, 0.3) is 0 Å². The SMILES string of the molecule is COC(=O)C1=C(Nc2ccc(C)cc2)C[C@@](C)(O)[C@H](C(=O)OC)[C@@H]1c1ccc(F)cc1. The molecule has 1 aliphatic carbocycles. The lowest BCUT2D eigenvalue weighted by molar-refractivity contribution is -0.157. The van der Waals surface area contributed by atoms with Crippen molar-refractivity contribution in [2.75, 3.05) is 19.5 Å². The van der Waals surface area contributed by atoms with Crippen LogP contribution in [-0.2, 0) is 19.1 Å². The predicted octanol–water partition coefficient (Wildman–Crippen LogP) is 3.70. The molecule has 6 nitrogen and oxygen atoms in total. The van der Waals surface area contributed by atoms with Gasteiger partial charge in [-0.15, -0.1) is 0 Å². The highest BCUT2D eigenvalue weighted by molar-refractivity contribution is 5.94. The van der Waals surface area contributed by atoms with Gasteiger partial charge in [0.05, 0.1) is 31.3 Å². The first-order valence-corrected chi connectivity index (χ1v) is 9.88. The number of anilines is 1. The Morgan fingerprint density at radius 1 is 1.06 bits per heavy atom. The van der Waals surface area contributed by atoms with E-state index in [4.69, 9.17) is 9.47 Å². The van der Waals surface area contributed by atoms with Crippen LogP contribution in [0.15, 0.2) is 59.8 Å². The smallest absolute Gasteiger partial charge is 0.336 e. The Morgan fingerprint density at radius 3 is 2.23 bits per heavy atom. The summed E-state index contributed by atoms with van der Waals surface area (Å²) in [5.41, 5.74) is 1.34. The lowest BCUT2D eigenvalue weighted by Crippen LogP contribution is -2.49. The summed E-state index contributed by atoms with van der Waals surface area (Å²) in [6, 6.07) is 13.0. The van der Waals surface area contributed by atoms with Crippen molar-refractivity contribution in [2.24, 2.45) is 5.92 Å². The van der Waals surface area contributed by atoms with E-state index in [-0.39, 0.29) is 12.0 Å². The number of hydrogen-bond acceptors (Lipinski definition) is 6. The monoisotopic (exact) mass is 427 g/mol. The van der Waals surface area contributed by atoms with Crippen molar-refractivity contribution >= 4 is 17.6 Å². The number of halogens is 1. The van der Waals surface area contributed by atoms with E-state index in [1.165, 1.54) is 45.4 Å². The van der Waals surface area contributed by atoms with Gasteiger partial charge in [-0.2, -0.15) is 0 Å². The van der Waals surface area contributed by atoms with Gasteiger partial charge >= 0.3 is 11.9 Å². The van der Waals surface area contributed by atoms with Crippen molar-refractivity contribution in [2.45, 2.75) is 31.8 Å². The second-order valence-corrected chi connectivity index (χ2v) is 7.94. The number of benzene rings is 2. The average Bonchev–Trinajstić information content (AvgIpc) is 2.74. The fourth-order valence-electron chi connectivity index (χ4n) is 4.11. The quantitative estimate of drug-likeness (QED) is 0.708. The molecule has 3 rings (SSSR count). The number of rotatable bonds is 5. The summed E-state index contributed by atoms with van der Waals surface area (Å²) in [6.07, 6.45) is -0.0111. The van der Waals surface area contributed by atoms with Crippen LogP contribution in [0.4, 0.5) is 10.1 Å². The van der Waals surface area contributed by atoms with Gasteiger partial charge in [-0.25, -0.2) is 9.18 Å². The zero-order valence-corrected chi connectivity index (χ0v) is 17.9. The highest BCUT2D eigenvalue weighted by Gasteiger charge is 2.52. The number of carbonyl (C=O) groups excluding carboxylic acids is 2. The van der Waals surface area contributed by atoms with Crippen LogP contribution in [0, 0.1) is 18.7 Å². The van der Waals surface area contributed by atoms with E-state index in [2.05, 4.69) is 5.32 Å². The van der Waals surface area contributed by atoms with Gasteiger partial charge in [0.2, 0.25) is 0 Å². The molecule has 0 unspecified atom stereocenters. The molecular weight excluding hydrogens is 401 g/mol. The van der Waals surface area contributed by atoms with Crippen molar-refractivity contribution in [1.82, 2.24) is 0 Å². The number of nitrogens with one attached hydrogen (secondary N) is 1. The molecule has 0 aromatic heterocycles. The normalized spacial score (nSPS) is 23.3. The first-order valence-electron chi connectivity index (χ1n) is 9.88. The zero-order valence-electron chi connectivity index (χ0n) is 17.9. The van der Waals surface area contributed by atoms with E-state index in [0.29, 0.717) is 16.9 Å². The third-order valence-electron chi connectivity index (χ3n) is 5.61. The highest BCUT2D eigenvalue weighted by atomic mass is 19.1. The third kappa shape index (κ3) is 4.61. The molecule has 3 atom stereocenters. The number of esters is 2. The summed E-state index contributed by atoms with van der Waals surface area (Å²) >= 11 is 0. The van der Waals surface area contributed by atoms with Crippen LogP contribution >= 0.6 is 0 Å². The number of hydrogen-bond donors (Lipinski definition) is 2. The molecule has 0 saturated heterocycles. The largest absolute Gasteiger partial charge is 0.469 e. The molecule has 164 valence electrons. The summed E-state index contributed by atoms with van der Waals surface area (Å²) in [5.74, 6) is -3.77. The van der Waals surface area contributed by atoms with E-state index in [1.54, 1.807) is 0 Å². The predicted molar refractivity (Wildman–Crippen MR) is 114 cm³/mol. The van der Waals surface area contributed by atoms with Crippen LogP contribution in [0.5, 0.6) is 0 Å². The first-order chi connectivity index (χ1) is 14.7. The molecule has 0 bridgehead atoms. The van der Waals surface area contributed by atoms with Crippen molar-refractivity contribution in [3.8, 4) is 0 Å². The maximum Gasteiger partial charge on any atom is 0.336 e. The molecule has 1 aliphatic rings. The van der Waals surface area contributed by atoms with Gasteiger partial charge in [0.25, 0.3) is 0 Å². The third-order valence-corrected chi connectivity index (χ3v) is 5.61. The number of aryl methyl sites for hydroxylation is 1. The summed E-state index contributed by atoms with van der Waals surface area (Å²) in [4.78, 5) is 25.7. The van der Waals surface area contributed by atoms with Crippen molar-refractivity contribution in [1.29, 1.82) is 0 Å². The molecule has 7 heteroatoms. The molecule has 31 heavy (non-hydrogen) atoms. The molecule has 0 fully saturated rings. The van der Waals surface area contributed by atoms with Crippen LogP contribution in [0.3, 0.4) is 0 Å². The number of methoxy groups -OCH3 is 2. The minimum Gasteiger partial charge on any atom is -0.469 e. The molecule has 0 saturated carbocycles. The zero-order chi connectivity index (χ0) is 22.8. The minimum absolute atomic E-state index is 0.0111. The second-order valence-electron chi connectivity index (χ2n) is 7.94. The number of aliphatic hydroxyl groups is 1. The van der Waals surface area contributed by atoms with Gasteiger partial charge in [-0.3, -0.25) is 4.79 Å². The molecule has 0 heterocycles. The standard InChI is InChI=1S/C24H26FNO5/c1-14-5-11-17(12-6-14)26-18-13-24(2,29)21(23(28)31-4)19(20(18)22(27)30-3)15-7-9-16(25)10-8-15/h5-12,19,21,26,29H,13H2,1-4H3/t19-,21+,24-/m1/s1. The number of ether oxygens (including phenoxy) is 2. The Morgan fingerprint density at radius 2 is 1.68 bits per heavy atom. The Balaban J connectivity index is 2.23. The second kappa shape index (κ2) is 8.89. The Hall–Kier alpha value is -3.19. The van der Waals surface area contributed by atoms with Gasteiger partial charge in [0.1, 0.15) is 5.82 Å². The average molecular weight is 427 g/mol. The van der Waals surface area contributed by atoms with Crippen LogP contribution < -0.4 is 5.32 Å². The topological polar surface area (TPSA) is 84.9 Å². The molecule has 0 aliphatic heterocycles. The van der Waals surface area contributed by atoms with E-state index in [1.807, 2.05) is 31.2 Å². The summed E-state index contributed by atoms with van der Waals surface area (Å²) < 4.78 is 23.6. The summed E-state index contributed by atoms with van der Waals surface area (Å²) in [5, 5.41) is 14.5. The summed E-state index contributed by atoms with van der Waals surface area (Å²) in [7, 11) is 2.47. The lowest BCUT2D eigenvalue weighted by atomic mass is 9.66. The van der Waals surface area contributed by atoms with Gasteiger partial charge in [0, 0.05) is 23.7 Å². The van der Waals surface area contributed by atoms with E-state index >= 15 is 0 Å². The molecule has 0 radical (unpaired) electrons. The van der Waals surface area contributed by atoms with Gasteiger partial charge in [-0.1, -0.05) is 29.8 Å². The molecule has 2 aromatic carbocycles. The van der Waals surface area contributed by atoms with Crippen LogP contribution in [0.2, 0.25) is 0 Å². The lowest BCUT2D eigenvalue weighted by Gasteiger charge is -2.42. The maximum atomic E-state index is 13.6. The fourth-order valence-corrected chi connectivity index (χ4v) is 4.11. The Bertz CT molecular complexity index is 996. The molecular formula is C24H26FNO5. The van der Waals surface area contributed by atoms with Crippen molar-refractivity contribution < 1.29 is 28.6 Å². The molecule has 2 N–H and O–H groups in total. The Kier molecular flexibility index (Phi) is 6.45. The van der Waals surface area contributed by atoms with E-state index in [0.717, 1.165) is 5.56 Å². The van der Waals surface area contributed by atoms with Crippen molar-refractivity contribution in [3.63, 3.8) is 0 Å². The van der Waals surface area contributed by atoms with Gasteiger partial charge in [0.15, 0.2) is 0 Å². The minimum atomic E-state index is -1.54. The summed E-state index contributed by atoms with van der Waals surface area (Å²) in [6.45, 7) is 3.48. The first kappa shape index (κ1) is 22.5. The van der Waals surface area contributed by atoms with Gasteiger partial charge < -0.3 is 19.9 Å². The fraction of sp³-hybridized carbons (Fsp3) is 0.333. The molecule has 0 amide bonds. The maximum absolute atomic E-state index is 13.6. The van der Waals surface area contributed by atoms with Crippen molar-refractivity contribution in [3.05, 3.63) is 76.7 Å². The van der Waals surface area contributed by atoms with E-state index < -0.39 is 35.2 Å². The van der Waals surface area contributed by atoms with Crippen LogP contribution in [0.1, 0.15) is 30.4 Å². The van der Waals surface area contributed by atoms with Crippen LogP contribution in [-0.4, -0.2) is 36.9 Å². The highest BCUT2D eigenvalue weighted by Crippen LogP contribution is 2.48. The van der Waals surface area contributed by atoms with E-state index in [9.17, 15) is 19.1 Å². The molecule has 2 aromatic rings. The molecule has 0 spiro atoms. The number of carbonyl (C=O) groups is 2. The Labute approximate surface area is 180 Å². The van der Waals surface area contributed by atoms with Gasteiger partial charge in [-0.05, 0) is 43.7 Å².